The minimum absolute atomic E-state index is 0.0496. The van der Waals surface area contributed by atoms with Gasteiger partial charge < -0.3 is 30.4 Å². The van der Waals surface area contributed by atoms with Gasteiger partial charge in [-0.05, 0) is 43.5 Å². The number of fused-ring (bicyclic) bond motifs is 1. The van der Waals surface area contributed by atoms with Crippen molar-refractivity contribution in [1.29, 1.82) is 0 Å². The Morgan fingerprint density at radius 1 is 1.16 bits per heavy atom. The summed E-state index contributed by atoms with van der Waals surface area (Å²) in [5.41, 5.74) is 0.657. The maximum atomic E-state index is 13.7. The summed E-state index contributed by atoms with van der Waals surface area (Å²) >= 11 is 0. The van der Waals surface area contributed by atoms with Gasteiger partial charge >= 0.3 is 0 Å². The molecule has 9 heteroatoms. The number of likely N-dealkylation sites (tertiary alicyclic amines) is 1. The molecule has 1 fully saturated rings. The van der Waals surface area contributed by atoms with E-state index in [2.05, 4.69) is 5.32 Å². The molecular formula is C29H35N3O6. The number of carbonyl (C=O) groups excluding carboxylic acids is 3. The number of carbonyl (C=O) groups is 3. The second-order valence-electron chi connectivity index (χ2n) is 10.0. The smallest absolute Gasteiger partial charge is 0.264 e. The third kappa shape index (κ3) is 5.36. The fraction of sp³-hybridized carbons (Fsp3) is 0.414. The summed E-state index contributed by atoms with van der Waals surface area (Å²) in [6.07, 6.45) is 4.07. The zero-order valence-corrected chi connectivity index (χ0v) is 21.7. The molecule has 0 radical (unpaired) electrons. The molecule has 2 aliphatic rings. The number of para-hydroxylation sites is 1. The molecule has 4 atom stereocenters. The monoisotopic (exact) mass is 521 g/mol. The Morgan fingerprint density at radius 3 is 2.55 bits per heavy atom. The molecule has 202 valence electrons. The van der Waals surface area contributed by atoms with E-state index in [9.17, 15) is 29.7 Å². The summed E-state index contributed by atoms with van der Waals surface area (Å²) in [5.74, 6) is -1.64. The van der Waals surface area contributed by atoms with Crippen LogP contribution in [0.4, 0.5) is 11.4 Å². The number of benzene rings is 2. The topological polar surface area (TPSA) is 130 Å². The van der Waals surface area contributed by atoms with Crippen molar-refractivity contribution in [1.82, 2.24) is 4.90 Å². The molecule has 9 nitrogen and oxygen atoms in total. The van der Waals surface area contributed by atoms with Crippen LogP contribution in [0.25, 0.3) is 0 Å². The summed E-state index contributed by atoms with van der Waals surface area (Å²) in [4.78, 5) is 41.2. The standard InChI is InChI=1S/C29H35N3O6/c1-19(7-5-11-26(35)31-16-6-8-23(31)18-33)29(38)24-9-3-4-10-25(24)32(28(29)37)17-21-12-14-22(15-13-21)30-27(36)20(2)34/h3-5,7,9-10,12-15,19-20,23,33-34,38H,6,8,11,16-18H2,1-2H3,(H,30,36)/b7-5+/t19-,20-,23-,29+/m0/s1. The van der Waals surface area contributed by atoms with E-state index in [4.69, 9.17) is 0 Å². The van der Waals surface area contributed by atoms with Crippen LogP contribution in [0.15, 0.2) is 60.7 Å². The maximum Gasteiger partial charge on any atom is 0.264 e. The number of nitrogens with zero attached hydrogens (tertiary/aromatic N) is 2. The van der Waals surface area contributed by atoms with Gasteiger partial charge in [-0.2, -0.15) is 0 Å². The van der Waals surface area contributed by atoms with Crippen molar-refractivity contribution in [2.24, 2.45) is 5.92 Å². The molecule has 4 rings (SSSR count). The number of nitrogens with one attached hydrogen (secondary N) is 1. The lowest BCUT2D eigenvalue weighted by Gasteiger charge is -2.28. The van der Waals surface area contributed by atoms with Crippen molar-refractivity contribution in [3.63, 3.8) is 0 Å². The average molecular weight is 522 g/mol. The predicted molar refractivity (Wildman–Crippen MR) is 143 cm³/mol. The van der Waals surface area contributed by atoms with Crippen molar-refractivity contribution in [2.75, 3.05) is 23.4 Å². The van der Waals surface area contributed by atoms with Gasteiger partial charge in [-0.25, -0.2) is 0 Å². The Labute approximate surface area is 222 Å². The van der Waals surface area contributed by atoms with Crippen molar-refractivity contribution >= 4 is 29.1 Å². The lowest BCUT2D eigenvalue weighted by molar-refractivity contribution is -0.139. The lowest BCUT2D eigenvalue weighted by atomic mass is 9.83. The van der Waals surface area contributed by atoms with Crippen LogP contribution >= 0.6 is 0 Å². The summed E-state index contributed by atoms with van der Waals surface area (Å²) < 4.78 is 0. The van der Waals surface area contributed by atoms with Gasteiger partial charge in [0, 0.05) is 30.1 Å². The SMILES string of the molecule is C[C@H](O)C(=O)Nc1ccc(CN2C(=O)[C@@](O)([C@@H](C)/C=C/CC(=O)N3CCC[C@H]3CO)c3ccccc32)cc1. The van der Waals surface area contributed by atoms with E-state index in [-0.39, 0.29) is 31.5 Å². The van der Waals surface area contributed by atoms with E-state index < -0.39 is 29.4 Å². The first-order valence-corrected chi connectivity index (χ1v) is 13.0. The first-order chi connectivity index (χ1) is 18.2. The van der Waals surface area contributed by atoms with Gasteiger partial charge in [-0.3, -0.25) is 14.4 Å². The van der Waals surface area contributed by atoms with Crippen LogP contribution in [0.5, 0.6) is 0 Å². The zero-order chi connectivity index (χ0) is 27.4. The lowest BCUT2D eigenvalue weighted by Crippen LogP contribution is -2.44. The second-order valence-corrected chi connectivity index (χ2v) is 10.0. The number of hydrogen-bond acceptors (Lipinski definition) is 6. The molecule has 2 aliphatic heterocycles. The van der Waals surface area contributed by atoms with Gasteiger partial charge in [0.2, 0.25) is 5.91 Å². The highest BCUT2D eigenvalue weighted by molar-refractivity contribution is 6.07. The number of anilines is 2. The molecule has 0 aromatic heterocycles. The highest BCUT2D eigenvalue weighted by Crippen LogP contribution is 2.45. The molecule has 2 aromatic rings. The van der Waals surface area contributed by atoms with Crippen LogP contribution in [0.2, 0.25) is 0 Å². The highest BCUT2D eigenvalue weighted by atomic mass is 16.3. The van der Waals surface area contributed by atoms with Gasteiger partial charge in [0.05, 0.1) is 24.9 Å². The van der Waals surface area contributed by atoms with Gasteiger partial charge in [0.15, 0.2) is 5.60 Å². The molecule has 0 bridgehead atoms. The molecule has 0 unspecified atom stereocenters. The minimum Gasteiger partial charge on any atom is -0.394 e. The zero-order valence-electron chi connectivity index (χ0n) is 21.7. The third-order valence-electron chi connectivity index (χ3n) is 7.40. The Morgan fingerprint density at radius 2 is 1.87 bits per heavy atom. The predicted octanol–water partition coefficient (Wildman–Crippen LogP) is 2.31. The van der Waals surface area contributed by atoms with Crippen LogP contribution in [0.3, 0.4) is 0 Å². The Hall–Kier alpha value is -3.53. The molecule has 0 aliphatic carbocycles. The van der Waals surface area contributed by atoms with E-state index in [0.29, 0.717) is 23.5 Å². The van der Waals surface area contributed by atoms with Crippen molar-refractivity contribution in [2.45, 2.75) is 57.4 Å². The molecule has 3 amide bonds. The molecule has 0 spiro atoms. The van der Waals surface area contributed by atoms with Crippen LogP contribution in [0.1, 0.15) is 44.2 Å². The van der Waals surface area contributed by atoms with Crippen molar-refractivity contribution in [3.8, 4) is 0 Å². The van der Waals surface area contributed by atoms with Crippen molar-refractivity contribution < 1.29 is 29.7 Å². The van der Waals surface area contributed by atoms with Crippen molar-refractivity contribution in [3.05, 3.63) is 71.8 Å². The highest BCUT2D eigenvalue weighted by Gasteiger charge is 2.52. The number of aliphatic hydroxyl groups excluding tert-OH is 2. The number of amides is 3. The fourth-order valence-corrected chi connectivity index (χ4v) is 5.16. The van der Waals surface area contributed by atoms with Crippen LogP contribution in [-0.4, -0.2) is 63.2 Å². The number of aliphatic hydroxyl groups is 3. The second kappa shape index (κ2) is 11.5. The van der Waals surface area contributed by atoms with Gasteiger partial charge in [-0.15, -0.1) is 0 Å². The number of rotatable bonds is 9. The maximum absolute atomic E-state index is 13.7. The van der Waals surface area contributed by atoms with E-state index >= 15 is 0 Å². The first kappa shape index (κ1) is 27.5. The fourth-order valence-electron chi connectivity index (χ4n) is 5.16. The van der Waals surface area contributed by atoms with Gasteiger partial charge in [0.1, 0.15) is 6.10 Å². The average Bonchev–Trinajstić information content (AvgIpc) is 3.48. The Balaban J connectivity index is 1.48. The van der Waals surface area contributed by atoms with Gasteiger partial charge in [-0.1, -0.05) is 49.4 Å². The summed E-state index contributed by atoms with van der Waals surface area (Å²) in [5, 5.41) is 33.2. The van der Waals surface area contributed by atoms with E-state index in [1.54, 1.807) is 71.3 Å². The van der Waals surface area contributed by atoms with Crippen LogP contribution < -0.4 is 10.2 Å². The van der Waals surface area contributed by atoms with E-state index in [1.165, 1.54) is 6.92 Å². The van der Waals surface area contributed by atoms with Crippen LogP contribution in [0, 0.1) is 5.92 Å². The molecule has 1 saturated heterocycles. The van der Waals surface area contributed by atoms with Gasteiger partial charge in [0.25, 0.3) is 11.8 Å². The molecule has 38 heavy (non-hydrogen) atoms. The molecule has 2 heterocycles. The molecule has 4 N–H and O–H groups in total. The Kier molecular flexibility index (Phi) is 8.30. The molecule has 0 saturated carbocycles. The summed E-state index contributed by atoms with van der Waals surface area (Å²) in [7, 11) is 0. The molecule has 2 aromatic carbocycles. The normalized spacial score (nSPS) is 22.6. The first-order valence-electron chi connectivity index (χ1n) is 13.0. The largest absolute Gasteiger partial charge is 0.394 e. The Bertz CT molecular complexity index is 1210. The van der Waals surface area contributed by atoms with E-state index in [1.807, 2.05) is 6.07 Å². The van der Waals surface area contributed by atoms with E-state index in [0.717, 1.165) is 18.4 Å². The summed E-state index contributed by atoms with van der Waals surface area (Å²) in [6, 6.07) is 13.9. The molecular weight excluding hydrogens is 486 g/mol. The quantitative estimate of drug-likeness (QED) is 0.375. The minimum atomic E-state index is -1.79. The summed E-state index contributed by atoms with van der Waals surface area (Å²) in [6.45, 7) is 3.94. The number of hydrogen-bond donors (Lipinski definition) is 4. The van der Waals surface area contributed by atoms with Crippen LogP contribution in [-0.2, 0) is 26.5 Å². The third-order valence-corrected chi connectivity index (χ3v) is 7.40.